The Morgan fingerprint density at radius 2 is 1.88 bits per heavy atom. The Kier molecular flexibility index (Phi) is 2.16. The minimum absolute atomic E-state index is 0.0370. The molecule has 0 unspecified atom stereocenters. The highest BCUT2D eigenvalue weighted by Crippen LogP contribution is 2.07. The average Bonchev–Trinajstić information content (AvgIpc) is 1.21. The Morgan fingerprint density at radius 1 is 1.50 bits per heavy atom. The SMILES string of the molecule is CC(=O)CC(C)(C)[O]. The van der Waals surface area contributed by atoms with Crippen molar-refractivity contribution in [2.45, 2.75) is 32.8 Å². The lowest BCUT2D eigenvalue weighted by Crippen LogP contribution is -2.19. The number of hydrogen-bond acceptors (Lipinski definition) is 1. The molecule has 0 spiro atoms. The first kappa shape index (κ1) is 7.63. The third kappa shape index (κ3) is 5.63. The second-order valence-electron chi connectivity index (χ2n) is 2.64. The van der Waals surface area contributed by atoms with Crippen molar-refractivity contribution in [3.8, 4) is 0 Å². The Balaban J connectivity index is 3.55. The van der Waals surface area contributed by atoms with Crippen molar-refractivity contribution >= 4 is 5.78 Å². The molecule has 0 aliphatic rings. The van der Waals surface area contributed by atoms with Crippen LogP contribution in [0.15, 0.2) is 0 Å². The quantitative estimate of drug-likeness (QED) is 0.532. The summed E-state index contributed by atoms with van der Waals surface area (Å²) in [7, 11) is 0. The average molecular weight is 115 g/mol. The molecule has 0 fully saturated rings. The maximum absolute atomic E-state index is 10.7. The highest BCUT2D eigenvalue weighted by Gasteiger charge is 2.16. The molecule has 0 N–H and O–H groups in total. The topological polar surface area (TPSA) is 37.0 Å². The molecule has 2 heteroatoms. The summed E-state index contributed by atoms with van der Waals surface area (Å²) in [6, 6.07) is 0. The van der Waals surface area contributed by atoms with Gasteiger partial charge in [0.2, 0.25) is 0 Å². The van der Waals surface area contributed by atoms with E-state index in [-0.39, 0.29) is 12.2 Å². The van der Waals surface area contributed by atoms with Crippen LogP contribution in [0.1, 0.15) is 27.2 Å². The highest BCUT2D eigenvalue weighted by molar-refractivity contribution is 5.76. The van der Waals surface area contributed by atoms with Crippen LogP contribution in [0.3, 0.4) is 0 Å². The van der Waals surface area contributed by atoms with E-state index in [0.717, 1.165) is 0 Å². The van der Waals surface area contributed by atoms with E-state index in [0.29, 0.717) is 0 Å². The van der Waals surface area contributed by atoms with Gasteiger partial charge in [0, 0.05) is 6.42 Å². The molecule has 47 valence electrons. The predicted molar refractivity (Wildman–Crippen MR) is 30.1 cm³/mol. The molecular weight excluding hydrogens is 104 g/mol. The molecule has 0 atom stereocenters. The van der Waals surface area contributed by atoms with Crippen molar-refractivity contribution in [2.75, 3.05) is 0 Å². The Bertz CT molecular complexity index is 89.2. The predicted octanol–water partition coefficient (Wildman–Crippen LogP) is 1.17. The molecule has 8 heavy (non-hydrogen) atoms. The lowest BCUT2D eigenvalue weighted by molar-refractivity contribution is -0.122. The summed E-state index contributed by atoms with van der Waals surface area (Å²) in [5.41, 5.74) is -1.08. The van der Waals surface area contributed by atoms with Crippen LogP contribution in [-0.4, -0.2) is 11.4 Å². The van der Waals surface area contributed by atoms with Crippen LogP contribution in [-0.2, 0) is 9.90 Å². The maximum Gasteiger partial charge on any atom is 0.132 e. The van der Waals surface area contributed by atoms with E-state index >= 15 is 0 Å². The van der Waals surface area contributed by atoms with E-state index < -0.39 is 5.60 Å². The molecule has 0 aliphatic heterocycles. The van der Waals surface area contributed by atoms with Gasteiger partial charge in [0.25, 0.3) is 0 Å². The van der Waals surface area contributed by atoms with Crippen LogP contribution in [0.4, 0.5) is 0 Å². The van der Waals surface area contributed by atoms with Crippen molar-refractivity contribution in [3.05, 3.63) is 0 Å². The van der Waals surface area contributed by atoms with Crippen LogP contribution >= 0.6 is 0 Å². The first-order valence-corrected chi connectivity index (χ1v) is 2.62. The van der Waals surface area contributed by atoms with Gasteiger partial charge in [0.15, 0.2) is 0 Å². The summed E-state index contributed by atoms with van der Waals surface area (Å²) in [6.45, 7) is 4.45. The summed E-state index contributed by atoms with van der Waals surface area (Å²) in [6.07, 6.45) is 0.132. The Hall–Kier alpha value is -0.370. The molecule has 0 saturated carbocycles. The summed E-state index contributed by atoms with van der Waals surface area (Å²) in [5.74, 6) is -0.0370. The van der Waals surface area contributed by atoms with Gasteiger partial charge < -0.3 is 0 Å². The van der Waals surface area contributed by atoms with E-state index in [4.69, 9.17) is 0 Å². The zero-order valence-corrected chi connectivity index (χ0v) is 5.52. The third-order valence-corrected chi connectivity index (χ3v) is 0.675. The minimum atomic E-state index is -1.08. The number of hydrogen-bond donors (Lipinski definition) is 0. The van der Waals surface area contributed by atoms with Crippen molar-refractivity contribution in [1.82, 2.24) is 0 Å². The molecule has 0 heterocycles. The molecule has 0 aromatic carbocycles. The normalized spacial score (nSPS) is 11.5. The minimum Gasteiger partial charge on any atom is -0.300 e. The van der Waals surface area contributed by atoms with Gasteiger partial charge in [-0.3, -0.25) is 4.79 Å². The molecule has 0 rings (SSSR count). The summed E-state index contributed by atoms with van der Waals surface area (Å²) in [5, 5.41) is 10.7. The molecule has 0 aromatic rings. The van der Waals surface area contributed by atoms with Crippen molar-refractivity contribution in [3.63, 3.8) is 0 Å². The van der Waals surface area contributed by atoms with Gasteiger partial charge in [-0.05, 0) is 20.8 Å². The standard InChI is InChI=1S/C6H11O2/c1-5(7)4-6(2,3)8/h4H2,1-3H3. The van der Waals surface area contributed by atoms with E-state index in [1.165, 1.54) is 20.8 Å². The zero-order valence-electron chi connectivity index (χ0n) is 5.52. The lowest BCUT2D eigenvalue weighted by atomic mass is 10.0. The molecule has 0 amide bonds. The number of Topliss-reactive ketones (excluding diaryl/α,β-unsaturated/α-hetero) is 1. The lowest BCUT2D eigenvalue weighted by Gasteiger charge is -2.09. The molecule has 1 radical (unpaired) electrons. The number of ketones is 1. The number of rotatable bonds is 2. The Labute approximate surface area is 49.5 Å². The van der Waals surface area contributed by atoms with E-state index in [1.54, 1.807) is 0 Å². The fourth-order valence-corrected chi connectivity index (χ4v) is 0.600. The summed E-state index contributed by atoms with van der Waals surface area (Å²) < 4.78 is 0. The van der Waals surface area contributed by atoms with E-state index in [9.17, 15) is 9.90 Å². The zero-order chi connectivity index (χ0) is 6.78. The van der Waals surface area contributed by atoms with Crippen LogP contribution in [0.5, 0.6) is 0 Å². The van der Waals surface area contributed by atoms with Crippen LogP contribution in [0.2, 0.25) is 0 Å². The van der Waals surface area contributed by atoms with Gasteiger partial charge >= 0.3 is 0 Å². The molecule has 0 aliphatic carbocycles. The number of carbonyl (C=O) groups excluding carboxylic acids is 1. The fraction of sp³-hybridized carbons (Fsp3) is 0.833. The Morgan fingerprint density at radius 3 is 1.88 bits per heavy atom. The molecule has 0 saturated heterocycles. The second kappa shape index (κ2) is 2.27. The van der Waals surface area contributed by atoms with Crippen molar-refractivity contribution < 1.29 is 9.90 Å². The van der Waals surface area contributed by atoms with Gasteiger partial charge in [-0.15, -0.1) is 0 Å². The largest absolute Gasteiger partial charge is 0.300 e. The van der Waals surface area contributed by atoms with Gasteiger partial charge in [-0.25, -0.2) is 5.11 Å². The third-order valence-electron chi connectivity index (χ3n) is 0.675. The van der Waals surface area contributed by atoms with E-state index in [1.807, 2.05) is 0 Å². The van der Waals surface area contributed by atoms with Crippen molar-refractivity contribution in [1.29, 1.82) is 0 Å². The molecular formula is C6H11O2. The first-order chi connectivity index (χ1) is 3.42. The van der Waals surface area contributed by atoms with Crippen molar-refractivity contribution in [2.24, 2.45) is 0 Å². The van der Waals surface area contributed by atoms with Crippen LogP contribution < -0.4 is 0 Å². The van der Waals surface area contributed by atoms with Gasteiger partial charge in [0.1, 0.15) is 11.4 Å². The molecule has 2 nitrogen and oxygen atoms in total. The van der Waals surface area contributed by atoms with Crippen LogP contribution in [0, 0.1) is 0 Å². The van der Waals surface area contributed by atoms with Gasteiger partial charge in [-0.1, -0.05) is 0 Å². The molecule has 0 aromatic heterocycles. The van der Waals surface area contributed by atoms with E-state index in [2.05, 4.69) is 0 Å². The monoisotopic (exact) mass is 115 g/mol. The summed E-state index contributed by atoms with van der Waals surface area (Å²) >= 11 is 0. The maximum atomic E-state index is 10.7. The van der Waals surface area contributed by atoms with Crippen LogP contribution in [0.25, 0.3) is 0 Å². The number of carbonyl (C=O) groups is 1. The highest BCUT2D eigenvalue weighted by atomic mass is 16.3. The first-order valence-electron chi connectivity index (χ1n) is 2.62. The van der Waals surface area contributed by atoms with Gasteiger partial charge in [0.05, 0.1) is 0 Å². The summed E-state index contributed by atoms with van der Waals surface area (Å²) in [4.78, 5) is 10.3. The molecule has 0 bridgehead atoms. The fourth-order valence-electron chi connectivity index (χ4n) is 0.600. The smallest absolute Gasteiger partial charge is 0.132 e. The van der Waals surface area contributed by atoms with Gasteiger partial charge in [-0.2, -0.15) is 0 Å². The second-order valence-corrected chi connectivity index (χ2v) is 2.64.